The third kappa shape index (κ3) is 4.02. The van der Waals surface area contributed by atoms with Crippen LogP contribution < -0.4 is 0 Å². The summed E-state index contributed by atoms with van der Waals surface area (Å²) in [5, 5.41) is 8.47. The lowest BCUT2D eigenvalue weighted by molar-refractivity contribution is 0.0960. The Bertz CT molecular complexity index is 1060. The van der Waals surface area contributed by atoms with E-state index in [-0.39, 0.29) is 11.6 Å². The molecule has 0 amide bonds. The second kappa shape index (κ2) is 8.49. The zero-order valence-corrected chi connectivity index (χ0v) is 17.6. The van der Waals surface area contributed by atoms with Crippen LogP contribution in [-0.4, -0.2) is 57.9 Å². The fourth-order valence-electron chi connectivity index (χ4n) is 4.55. The van der Waals surface area contributed by atoms with Crippen LogP contribution in [0, 0.1) is 5.82 Å². The number of Topliss-reactive ketones (excluding diaryl/α,β-unsaturated/α-hetero) is 1. The van der Waals surface area contributed by atoms with Crippen LogP contribution in [0.25, 0.3) is 10.9 Å². The van der Waals surface area contributed by atoms with E-state index in [1.54, 1.807) is 11.9 Å². The van der Waals surface area contributed by atoms with Crippen LogP contribution in [0.1, 0.15) is 41.2 Å². The molecule has 30 heavy (non-hydrogen) atoms. The number of carbonyl (C=O) groups is 1. The molecule has 156 valence electrons. The summed E-state index contributed by atoms with van der Waals surface area (Å²) in [5.74, 6) is 0.424. The number of rotatable bonds is 5. The Morgan fingerprint density at radius 3 is 2.83 bits per heavy atom. The van der Waals surface area contributed by atoms with Gasteiger partial charge in [-0.05, 0) is 69.0 Å². The lowest BCUT2D eigenvalue weighted by Gasteiger charge is -2.32. The molecule has 5 nitrogen and oxygen atoms in total. The summed E-state index contributed by atoms with van der Waals surface area (Å²) >= 11 is 1.70. The Balaban J connectivity index is 1.11. The van der Waals surface area contributed by atoms with E-state index in [1.807, 2.05) is 30.3 Å². The van der Waals surface area contributed by atoms with Crippen molar-refractivity contribution in [2.75, 3.05) is 32.7 Å². The molecule has 0 aliphatic carbocycles. The molecule has 1 fully saturated rings. The minimum Gasteiger partial charge on any atom is -0.303 e. The number of hydrogen-bond donors (Lipinski definition) is 1. The number of fused-ring (bicyclic) bond motifs is 2. The van der Waals surface area contributed by atoms with Crippen LogP contribution >= 0.6 is 11.9 Å². The maximum atomic E-state index is 13.4. The predicted octanol–water partition coefficient (Wildman–Crippen LogP) is 4.48. The molecule has 2 aliphatic rings. The molecule has 0 spiro atoms. The third-order valence-electron chi connectivity index (χ3n) is 6.16. The van der Waals surface area contributed by atoms with Crippen molar-refractivity contribution in [3.63, 3.8) is 0 Å². The minimum absolute atomic E-state index is 0.219. The van der Waals surface area contributed by atoms with Crippen LogP contribution in [0.2, 0.25) is 0 Å². The van der Waals surface area contributed by atoms with Gasteiger partial charge in [-0.15, -0.1) is 0 Å². The normalized spacial score (nSPS) is 18.8. The SMILES string of the molecule is O=C1CN(CCCN2CCC(c3[nH]nc4cc(F)ccc34)CC2)Sc2ccccc21. The van der Waals surface area contributed by atoms with Crippen molar-refractivity contribution >= 4 is 28.6 Å². The van der Waals surface area contributed by atoms with Gasteiger partial charge < -0.3 is 4.90 Å². The van der Waals surface area contributed by atoms with Crippen molar-refractivity contribution in [1.29, 1.82) is 0 Å². The van der Waals surface area contributed by atoms with E-state index >= 15 is 0 Å². The van der Waals surface area contributed by atoms with Gasteiger partial charge in [0.15, 0.2) is 5.78 Å². The molecular formula is C23H25FN4OS. The number of likely N-dealkylation sites (tertiary alicyclic amines) is 1. The summed E-state index contributed by atoms with van der Waals surface area (Å²) in [5.41, 5.74) is 2.71. The Kier molecular flexibility index (Phi) is 5.58. The van der Waals surface area contributed by atoms with Crippen molar-refractivity contribution in [2.45, 2.75) is 30.1 Å². The van der Waals surface area contributed by atoms with Crippen molar-refractivity contribution in [3.05, 3.63) is 59.5 Å². The maximum absolute atomic E-state index is 13.4. The summed E-state index contributed by atoms with van der Waals surface area (Å²) in [6.07, 6.45) is 3.22. The minimum atomic E-state index is -0.243. The summed E-state index contributed by atoms with van der Waals surface area (Å²) in [4.78, 5) is 15.9. The molecule has 0 bridgehead atoms. The molecule has 5 rings (SSSR count). The van der Waals surface area contributed by atoms with Gasteiger partial charge in [0.25, 0.3) is 0 Å². The average molecular weight is 425 g/mol. The number of H-pyrrole nitrogens is 1. The monoisotopic (exact) mass is 424 g/mol. The Morgan fingerprint density at radius 1 is 1.13 bits per heavy atom. The van der Waals surface area contributed by atoms with Crippen LogP contribution in [0.3, 0.4) is 0 Å². The number of aromatic nitrogens is 2. The van der Waals surface area contributed by atoms with Crippen LogP contribution in [0.5, 0.6) is 0 Å². The van der Waals surface area contributed by atoms with Gasteiger partial charge in [0.05, 0.1) is 12.1 Å². The van der Waals surface area contributed by atoms with Gasteiger partial charge in [-0.2, -0.15) is 5.10 Å². The van der Waals surface area contributed by atoms with Crippen LogP contribution in [0.15, 0.2) is 47.4 Å². The quantitative estimate of drug-likeness (QED) is 0.612. The smallest absolute Gasteiger partial charge is 0.178 e. The standard InChI is InChI=1S/C23H25FN4OS/c24-17-6-7-18-20(14-17)25-26-23(18)16-8-12-27(13-9-16)10-3-11-28-15-21(29)19-4-1-2-5-22(19)30-28/h1-2,4-7,14,16H,3,8-13,15H2,(H,25,26). The first-order valence-electron chi connectivity index (χ1n) is 10.6. The molecule has 1 saturated heterocycles. The largest absolute Gasteiger partial charge is 0.303 e. The van der Waals surface area contributed by atoms with Crippen LogP contribution in [0.4, 0.5) is 4.39 Å². The number of aromatic amines is 1. The first kappa shape index (κ1) is 19.7. The summed E-state index contributed by atoms with van der Waals surface area (Å²) in [6, 6.07) is 12.7. The summed E-state index contributed by atoms with van der Waals surface area (Å²) < 4.78 is 15.6. The van der Waals surface area contributed by atoms with Gasteiger partial charge >= 0.3 is 0 Å². The fraction of sp³-hybridized carbons (Fsp3) is 0.391. The number of piperidine rings is 1. The van der Waals surface area contributed by atoms with Crippen LogP contribution in [-0.2, 0) is 0 Å². The number of benzene rings is 2. The molecule has 0 atom stereocenters. The molecule has 0 unspecified atom stereocenters. The molecule has 7 heteroatoms. The molecule has 2 aliphatic heterocycles. The fourth-order valence-corrected chi connectivity index (χ4v) is 5.65. The van der Waals surface area contributed by atoms with Crippen molar-refractivity contribution < 1.29 is 9.18 Å². The molecule has 0 saturated carbocycles. The van der Waals surface area contributed by atoms with Gasteiger partial charge in [-0.25, -0.2) is 8.70 Å². The van der Waals surface area contributed by atoms with Gasteiger partial charge in [-0.1, -0.05) is 18.2 Å². The highest BCUT2D eigenvalue weighted by molar-refractivity contribution is 7.97. The van der Waals surface area contributed by atoms with E-state index in [1.165, 1.54) is 12.1 Å². The zero-order valence-electron chi connectivity index (χ0n) is 16.8. The second-order valence-electron chi connectivity index (χ2n) is 8.14. The van der Waals surface area contributed by atoms with Crippen molar-refractivity contribution in [2.24, 2.45) is 0 Å². The number of nitrogens with zero attached hydrogens (tertiary/aromatic N) is 3. The predicted molar refractivity (Wildman–Crippen MR) is 117 cm³/mol. The van der Waals surface area contributed by atoms with E-state index in [9.17, 15) is 9.18 Å². The van der Waals surface area contributed by atoms with E-state index in [2.05, 4.69) is 19.4 Å². The van der Waals surface area contributed by atoms with E-state index in [0.717, 1.165) is 67.0 Å². The second-order valence-corrected chi connectivity index (χ2v) is 9.28. The number of hydrogen-bond acceptors (Lipinski definition) is 5. The molecule has 2 aromatic carbocycles. The summed E-state index contributed by atoms with van der Waals surface area (Å²) in [6.45, 7) is 4.58. The van der Waals surface area contributed by atoms with Gasteiger partial charge in [0, 0.05) is 40.1 Å². The zero-order chi connectivity index (χ0) is 20.5. The highest BCUT2D eigenvalue weighted by atomic mass is 32.2. The lowest BCUT2D eigenvalue weighted by Crippen LogP contribution is -2.36. The maximum Gasteiger partial charge on any atom is 0.178 e. The molecule has 3 heterocycles. The highest BCUT2D eigenvalue weighted by Gasteiger charge is 2.25. The molecular weight excluding hydrogens is 399 g/mol. The average Bonchev–Trinajstić information content (AvgIpc) is 3.17. The first-order chi connectivity index (χ1) is 14.7. The Morgan fingerprint density at radius 2 is 1.97 bits per heavy atom. The molecule has 3 aromatic rings. The van der Waals surface area contributed by atoms with Crippen molar-refractivity contribution in [3.8, 4) is 0 Å². The van der Waals surface area contributed by atoms with E-state index < -0.39 is 0 Å². The highest BCUT2D eigenvalue weighted by Crippen LogP contribution is 2.33. The Hall–Kier alpha value is -2.22. The number of halogens is 1. The first-order valence-corrected chi connectivity index (χ1v) is 11.4. The van der Waals surface area contributed by atoms with Gasteiger partial charge in [-0.3, -0.25) is 9.89 Å². The lowest BCUT2D eigenvalue weighted by atomic mass is 9.91. The van der Waals surface area contributed by atoms with Crippen molar-refractivity contribution in [1.82, 2.24) is 19.4 Å². The number of nitrogens with one attached hydrogen (secondary N) is 1. The number of carbonyl (C=O) groups excluding carboxylic acids is 1. The molecule has 1 N–H and O–H groups in total. The third-order valence-corrected chi connectivity index (χ3v) is 7.28. The van der Waals surface area contributed by atoms with Gasteiger partial charge in [0.1, 0.15) is 5.82 Å². The van der Waals surface area contributed by atoms with E-state index in [0.29, 0.717) is 18.0 Å². The summed E-state index contributed by atoms with van der Waals surface area (Å²) in [7, 11) is 0. The van der Waals surface area contributed by atoms with Gasteiger partial charge in [0.2, 0.25) is 0 Å². The van der Waals surface area contributed by atoms with E-state index in [4.69, 9.17) is 0 Å². The molecule has 0 radical (unpaired) electrons. The number of ketones is 1. The topological polar surface area (TPSA) is 52.2 Å². The molecule has 1 aromatic heterocycles. The Labute approximate surface area is 179 Å².